The third-order valence-electron chi connectivity index (χ3n) is 4.72. The quantitative estimate of drug-likeness (QED) is 0.830. The van der Waals surface area contributed by atoms with E-state index in [1.54, 1.807) is 4.90 Å². The molecule has 1 amide bonds. The average molecular weight is 354 g/mol. The zero-order chi connectivity index (χ0) is 18.0. The smallest absolute Gasteiger partial charge is 0.248 e. The van der Waals surface area contributed by atoms with Crippen molar-refractivity contribution in [2.75, 3.05) is 39.5 Å². The average Bonchev–Trinajstić information content (AvgIpc) is 2.71. The highest BCUT2D eigenvalue weighted by Crippen LogP contribution is 2.25. The number of ether oxygens (including phenoxy) is 2. The van der Waals surface area contributed by atoms with E-state index in [0.717, 1.165) is 12.1 Å². The Hall–Kier alpha value is -1.57. The fourth-order valence-electron chi connectivity index (χ4n) is 3.47. The second kappa shape index (κ2) is 7.35. The Labute approximate surface area is 146 Å². The van der Waals surface area contributed by atoms with E-state index >= 15 is 0 Å². The topological polar surface area (TPSA) is 42.0 Å². The first-order chi connectivity index (χ1) is 11.9. The lowest BCUT2D eigenvalue weighted by molar-refractivity contribution is -0.147. The highest BCUT2D eigenvalue weighted by Gasteiger charge is 2.42. The van der Waals surface area contributed by atoms with Gasteiger partial charge in [0.05, 0.1) is 19.8 Å². The van der Waals surface area contributed by atoms with Crippen LogP contribution in [0.3, 0.4) is 0 Å². The molecule has 1 aromatic rings. The Morgan fingerprint density at radius 3 is 2.84 bits per heavy atom. The van der Waals surface area contributed by atoms with E-state index in [1.807, 2.05) is 18.7 Å². The van der Waals surface area contributed by atoms with Crippen molar-refractivity contribution >= 4 is 5.91 Å². The van der Waals surface area contributed by atoms with Crippen molar-refractivity contribution in [1.82, 2.24) is 9.80 Å². The molecule has 0 N–H and O–H groups in total. The van der Waals surface area contributed by atoms with E-state index in [-0.39, 0.29) is 18.6 Å². The molecular weight excluding hydrogens is 330 g/mol. The number of carbonyl (C=O) groups excluding carboxylic acids is 1. The number of nitrogens with zero attached hydrogens (tertiary/aromatic N) is 2. The van der Waals surface area contributed by atoms with Crippen LogP contribution in [-0.4, -0.2) is 66.8 Å². The maximum Gasteiger partial charge on any atom is 0.248 e. The minimum absolute atomic E-state index is 0.0435. The van der Waals surface area contributed by atoms with E-state index in [4.69, 9.17) is 9.47 Å². The molecule has 1 aromatic carbocycles. The molecule has 1 unspecified atom stereocenters. The van der Waals surface area contributed by atoms with Crippen LogP contribution in [-0.2, 0) is 20.8 Å². The van der Waals surface area contributed by atoms with Crippen LogP contribution in [0.2, 0.25) is 0 Å². The highest BCUT2D eigenvalue weighted by molar-refractivity contribution is 5.78. The summed E-state index contributed by atoms with van der Waals surface area (Å²) < 4.78 is 38.9. The Morgan fingerprint density at radius 2 is 2.08 bits per heavy atom. The fraction of sp³-hybridized carbons (Fsp3) is 0.611. The monoisotopic (exact) mass is 354 g/mol. The van der Waals surface area contributed by atoms with Gasteiger partial charge in [-0.3, -0.25) is 9.69 Å². The third kappa shape index (κ3) is 4.16. The summed E-state index contributed by atoms with van der Waals surface area (Å²) in [5.74, 6) is -0.921. The predicted octanol–water partition coefficient (Wildman–Crippen LogP) is 1.80. The molecule has 2 fully saturated rings. The van der Waals surface area contributed by atoms with Gasteiger partial charge in [0.15, 0.2) is 0 Å². The van der Waals surface area contributed by atoms with E-state index in [9.17, 15) is 13.6 Å². The van der Waals surface area contributed by atoms with Gasteiger partial charge in [-0.2, -0.15) is 0 Å². The molecular formula is C18H24F2N2O3. The molecule has 25 heavy (non-hydrogen) atoms. The zero-order valence-electron chi connectivity index (χ0n) is 14.6. The van der Waals surface area contributed by atoms with E-state index in [0.29, 0.717) is 45.0 Å². The molecule has 7 heteroatoms. The molecule has 2 saturated heterocycles. The van der Waals surface area contributed by atoms with Crippen LogP contribution in [0.5, 0.6) is 0 Å². The first kappa shape index (κ1) is 18.2. The van der Waals surface area contributed by atoms with E-state index < -0.39 is 17.2 Å². The van der Waals surface area contributed by atoms with Crippen molar-refractivity contribution in [1.29, 1.82) is 0 Å². The molecule has 5 nitrogen and oxygen atoms in total. The number of hydrogen-bond donors (Lipinski definition) is 0. The Kier molecular flexibility index (Phi) is 5.36. The minimum Gasteiger partial charge on any atom is -0.369 e. The van der Waals surface area contributed by atoms with Gasteiger partial charge in [0, 0.05) is 31.2 Å². The van der Waals surface area contributed by atoms with Gasteiger partial charge in [-0.1, -0.05) is 0 Å². The van der Waals surface area contributed by atoms with Crippen molar-refractivity contribution in [3.8, 4) is 0 Å². The van der Waals surface area contributed by atoms with Crippen LogP contribution in [0, 0.1) is 11.6 Å². The Balaban J connectivity index is 1.75. The van der Waals surface area contributed by atoms with Gasteiger partial charge < -0.3 is 14.4 Å². The molecule has 0 saturated carbocycles. The van der Waals surface area contributed by atoms with Crippen LogP contribution in [0.15, 0.2) is 18.2 Å². The third-order valence-corrected chi connectivity index (χ3v) is 4.72. The summed E-state index contributed by atoms with van der Waals surface area (Å²) in [5.41, 5.74) is -0.318. The van der Waals surface area contributed by atoms with Gasteiger partial charge in [0.1, 0.15) is 23.8 Å². The Bertz CT molecular complexity index is 641. The second-order valence-electron chi connectivity index (χ2n) is 7.09. The lowest BCUT2D eigenvalue weighted by Crippen LogP contribution is -2.59. The molecule has 2 aliphatic rings. The van der Waals surface area contributed by atoms with Crippen LogP contribution in [0.1, 0.15) is 19.4 Å². The van der Waals surface area contributed by atoms with Crippen molar-refractivity contribution in [3.05, 3.63) is 35.4 Å². The summed E-state index contributed by atoms with van der Waals surface area (Å²) >= 11 is 0. The first-order valence-corrected chi connectivity index (χ1v) is 8.56. The molecule has 138 valence electrons. The van der Waals surface area contributed by atoms with Crippen LogP contribution in [0.25, 0.3) is 0 Å². The second-order valence-corrected chi connectivity index (χ2v) is 7.09. The molecule has 2 aliphatic heterocycles. The van der Waals surface area contributed by atoms with Crippen LogP contribution < -0.4 is 0 Å². The lowest BCUT2D eigenvalue weighted by Gasteiger charge is -2.44. The molecule has 1 spiro atoms. The van der Waals surface area contributed by atoms with Gasteiger partial charge in [-0.25, -0.2) is 8.78 Å². The SMILES string of the molecule is CC(C)N1CC2(COCC1=O)CN(Cc1cc(F)ccc1F)CCO2. The minimum atomic E-state index is -0.640. The van der Waals surface area contributed by atoms with Crippen molar-refractivity contribution in [2.45, 2.75) is 32.0 Å². The molecule has 0 radical (unpaired) electrons. The maximum absolute atomic E-state index is 13.9. The predicted molar refractivity (Wildman–Crippen MR) is 88.0 cm³/mol. The van der Waals surface area contributed by atoms with Gasteiger partial charge in [0.25, 0.3) is 0 Å². The molecule has 2 heterocycles. The van der Waals surface area contributed by atoms with Gasteiger partial charge in [-0.05, 0) is 32.0 Å². The van der Waals surface area contributed by atoms with Gasteiger partial charge >= 0.3 is 0 Å². The lowest BCUT2D eigenvalue weighted by atomic mass is 10.0. The van der Waals surface area contributed by atoms with Gasteiger partial charge in [0.2, 0.25) is 5.91 Å². The Morgan fingerprint density at radius 1 is 1.28 bits per heavy atom. The standard InChI is InChI=1S/C18H24F2N2O3/c1-13(2)22-11-18(12-24-9-17(22)23)10-21(5-6-25-18)8-14-7-15(19)3-4-16(14)20/h3-4,7,13H,5-6,8-12H2,1-2H3. The van der Waals surface area contributed by atoms with Crippen molar-refractivity contribution in [2.24, 2.45) is 0 Å². The summed E-state index contributed by atoms with van der Waals surface area (Å²) in [6.45, 7) is 6.58. The fourth-order valence-corrected chi connectivity index (χ4v) is 3.47. The van der Waals surface area contributed by atoms with Gasteiger partial charge in [-0.15, -0.1) is 0 Å². The van der Waals surface area contributed by atoms with Crippen LogP contribution in [0.4, 0.5) is 8.78 Å². The summed E-state index contributed by atoms with van der Waals surface area (Å²) in [6, 6.07) is 3.54. The first-order valence-electron chi connectivity index (χ1n) is 8.56. The largest absolute Gasteiger partial charge is 0.369 e. The zero-order valence-corrected chi connectivity index (χ0v) is 14.6. The number of benzene rings is 1. The highest BCUT2D eigenvalue weighted by atomic mass is 19.1. The summed E-state index contributed by atoms with van der Waals surface area (Å²) in [5, 5.41) is 0. The maximum atomic E-state index is 13.9. The normalized spacial score (nSPS) is 25.6. The summed E-state index contributed by atoms with van der Waals surface area (Å²) in [6.07, 6.45) is 0. The van der Waals surface area contributed by atoms with Crippen molar-refractivity contribution < 1.29 is 23.0 Å². The van der Waals surface area contributed by atoms with E-state index in [1.165, 1.54) is 6.07 Å². The van der Waals surface area contributed by atoms with Crippen LogP contribution >= 0.6 is 0 Å². The molecule has 0 bridgehead atoms. The number of rotatable bonds is 3. The number of morpholine rings is 1. The van der Waals surface area contributed by atoms with Crippen molar-refractivity contribution in [3.63, 3.8) is 0 Å². The molecule has 0 aliphatic carbocycles. The number of hydrogen-bond acceptors (Lipinski definition) is 4. The number of carbonyl (C=O) groups is 1. The van der Waals surface area contributed by atoms with E-state index in [2.05, 4.69) is 0 Å². The molecule has 1 atom stereocenters. The summed E-state index contributed by atoms with van der Waals surface area (Å²) in [4.78, 5) is 16.0. The summed E-state index contributed by atoms with van der Waals surface area (Å²) in [7, 11) is 0. The molecule has 3 rings (SSSR count). The number of halogens is 2. The molecule has 0 aromatic heterocycles. The number of amides is 1.